The molecular formula is C22H26N4O. The van der Waals surface area contributed by atoms with Crippen molar-refractivity contribution >= 4 is 22.9 Å². The minimum atomic E-state index is -0.0457. The zero-order chi connectivity index (χ0) is 18.8. The molecule has 0 radical (unpaired) electrons. The summed E-state index contributed by atoms with van der Waals surface area (Å²) in [6, 6.07) is 12.2. The van der Waals surface area contributed by atoms with Crippen LogP contribution in [0.4, 0.5) is 11.4 Å². The van der Waals surface area contributed by atoms with Gasteiger partial charge >= 0.3 is 0 Å². The van der Waals surface area contributed by atoms with E-state index in [4.69, 9.17) is 0 Å². The van der Waals surface area contributed by atoms with E-state index in [-0.39, 0.29) is 12.3 Å². The summed E-state index contributed by atoms with van der Waals surface area (Å²) < 4.78 is 1.96. The van der Waals surface area contributed by atoms with Gasteiger partial charge in [-0.2, -0.15) is 0 Å². The number of carbonyl (C=O) groups excluding carboxylic acids is 1. The van der Waals surface area contributed by atoms with Crippen LogP contribution in [0.15, 0.2) is 48.8 Å². The number of hydrogen-bond donors (Lipinski definition) is 1. The maximum atomic E-state index is 12.4. The molecule has 0 bridgehead atoms. The molecule has 0 unspecified atom stereocenters. The minimum Gasteiger partial charge on any atom is -0.372 e. The van der Waals surface area contributed by atoms with E-state index in [9.17, 15) is 4.79 Å². The van der Waals surface area contributed by atoms with E-state index in [1.54, 1.807) is 0 Å². The first-order chi connectivity index (χ1) is 13.1. The average molecular weight is 362 g/mol. The van der Waals surface area contributed by atoms with Gasteiger partial charge in [-0.1, -0.05) is 13.0 Å². The monoisotopic (exact) mass is 362 g/mol. The average Bonchev–Trinajstić information content (AvgIpc) is 3.07. The lowest BCUT2D eigenvalue weighted by atomic mass is 9.99. The SMILES string of the molecule is Cc1cccn2cc(CC(=O)Nc3ccc(N4CCC(C)CC4)cc3)nc12. The number of hydrogen-bond acceptors (Lipinski definition) is 3. The Labute approximate surface area is 160 Å². The number of amides is 1. The molecule has 27 heavy (non-hydrogen) atoms. The highest BCUT2D eigenvalue weighted by atomic mass is 16.1. The molecule has 3 heterocycles. The number of nitrogens with zero attached hydrogens (tertiary/aromatic N) is 3. The summed E-state index contributed by atoms with van der Waals surface area (Å²) in [7, 11) is 0. The molecule has 3 aromatic rings. The summed E-state index contributed by atoms with van der Waals surface area (Å²) in [4.78, 5) is 19.4. The summed E-state index contributed by atoms with van der Waals surface area (Å²) >= 11 is 0. The zero-order valence-corrected chi connectivity index (χ0v) is 16.0. The number of rotatable bonds is 4. The standard InChI is InChI=1S/C22H26N4O/c1-16-9-12-25(13-10-16)20-7-5-18(6-8-20)23-21(27)14-19-15-26-11-3-4-17(2)22(26)24-19/h3-8,11,15-16H,9-10,12-14H2,1-2H3,(H,23,27). The molecule has 0 spiro atoms. The minimum absolute atomic E-state index is 0.0457. The predicted octanol–water partition coefficient (Wildman–Crippen LogP) is 4.06. The molecule has 5 heteroatoms. The van der Waals surface area contributed by atoms with Crippen LogP contribution in [0, 0.1) is 12.8 Å². The van der Waals surface area contributed by atoms with Gasteiger partial charge in [0.2, 0.25) is 5.91 Å². The van der Waals surface area contributed by atoms with Crippen molar-refractivity contribution in [3.8, 4) is 0 Å². The molecule has 1 aliphatic heterocycles. The lowest BCUT2D eigenvalue weighted by Crippen LogP contribution is -2.32. The number of carbonyl (C=O) groups is 1. The molecule has 1 amide bonds. The molecule has 1 saturated heterocycles. The number of nitrogens with one attached hydrogen (secondary N) is 1. The first kappa shape index (κ1) is 17.6. The molecule has 1 aliphatic rings. The Morgan fingerprint density at radius 2 is 1.93 bits per heavy atom. The fourth-order valence-corrected chi connectivity index (χ4v) is 3.68. The van der Waals surface area contributed by atoms with Crippen LogP contribution in [0.1, 0.15) is 31.0 Å². The topological polar surface area (TPSA) is 49.6 Å². The highest BCUT2D eigenvalue weighted by molar-refractivity contribution is 5.92. The largest absolute Gasteiger partial charge is 0.372 e. The van der Waals surface area contributed by atoms with Crippen molar-refractivity contribution in [3.63, 3.8) is 0 Å². The number of benzene rings is 1. The van der Waals surface area contributed by atoms with E-state index in [0.29, 0.717) is 0 Å². The highest BCUT2D eigenvalue weighted by Gasteiger charge is 2.16. The molecule has 1 N–H and O–H groups in total. The first-order valence-corrected chi connectivity index (χ1v) is 9.66. The van der Waals surface area contributed by atoms with E-state index < -0.39 is 0 Å². The second-order valence-electron chi connectivity index (χ2n) is 7.60. The van der Waals surface area contributed by atoms with Crippen molar-refractivity contribution < 1.29 is 4.79 Å². The molecule has 0 atom stereocenters. The maximum Gasteiger partial charge on any atom is 0.230 e. The summed E-state index contributed by atoms with van der Waals surface area (Å²) in [6.45, 7) is 6.57. The van der Waals surface area contributed by atoms with Crippen LogP contribution >= 0.6 is 0 Å². The number of fused-ring (bicyclic) bond motifs is 1. The van der Waals surface area contributed by atoms with Crippen LogP contribution in [0.3, 0.4) is 0 Å². The lowest BCUT2D eigenvalue weighted by Gasteiger charge is -2.32. The first-order valence-electron chi connectivity index (χ1n) is 9.66. The van der Waals surface area contributed by atoms with Crippen molar-refractivity contribution in [3.05, 3.63) is 60.0 Å². The third kappa shape index (κ3) is 3.97. The van der Waals surface area contributed by atoms with E-state index in [0.717, 1.165) is 41.6 Å². The molecule has 4 rings (SSSR count). The number of piperidine rings is 1. The Bertz CT molecular complexity index is 937. The zero-order valence-electron chi connectivity index (χ0n) is 16.0. The molecule has 1 aromatic carbocycles. The fraction of sp³-hybridized carbons (Fsp3) is 0.364. The second-order valence-corrected chi connectivity index (χ2v) is 7.60. The van der Waals surface area contributed by atoms with Crippen molar-refractivity contribution in [1.29, 1.82) is 0 Å². The van der Waals surface area contributed by atoms with Gasteiger partial charge in [-0.25, -0.2) is 4.98 Å². The van der Waals surface area contributed by atoms with Crippen LogP contribution in [0.5, 0.6) is 0 Å². The Kier molecular flexibility index (Phi) is 4.84. The van der Waals surface area contributed by atoms with Gasteiger partial charge in [0.15, 0.2) is 0 Å². The van der Waals surface area contributed by atoms with Gasteiger partial charge < -0.3 is 14.6 Å². The summed E-state index contributed by atoms with van der Waals surface area (Å²) in [6.07, 6.45) is 6.64. The quantitative estimate of drug-likeness (QED) is 0.761. The number of aryl methyl sites for hydroxylation is 1. The number of aromatic nitrogens is 2. The van der Waals surface area contributed by atoms with Gasteiger partial charge in [0.1, 0.15) is 5.65 Å². The lowest BCUT2D eigenvalue weighted by molar-refractivity contribution is -0.115. The molecule has 140 valence electrons. The Hall–Kier alpha value is -2.82. The van der Waals surface area contributed by atoms with Crippen LogP contribution in [0.2, 0.25) is 0 Å². The van der Waals surface area contributed by atoms with Crippen LogP contribution in [0.25, 0.3) is 5.65 Å². The van der Waals surface area contributed by atoms with Crippen LogP contribution in [-0.4, -0.2) is 28.4 Å². The number of imidazole rings is 1. The van der Waals surface area contributed by atoms with E-state index >= 15 is 0 Å². The summed E-state index contributed by atoms with van der Waals surface area (Å²) in [5.74, 6) is 0.777. The number of pyridine rings is 1. The molecule has 1 fully saturated rings. The Balaban J connectivity index is 1.38. The van der Waals surface area contributed by atoms with E-state index in [2.05, 4.69) is 34.3 Å². The predicted molar refractivity (Wildman–Crippen MR) is 109 cm³/mol. The fourth-order valence-electron chi connectivity index (χ4n) is 3.68. The van der Waals surface area contributed by atoms with Crippen molar-refractivity contribution in [2.45, 2.75) is 33.1 Å². The molecular weight excluding hydrogens is 336 g/mol. The third-order valence-electron chi connectivity index (χ3n) is 5.37. The van der Waals surface area contributed by atoms with Crippen LogP contribution in [-0.2, 0) is 11.2 Å². The van der Waals surface area contributed by atoms with Crippen molar-refractivity contribution in [1.82, 2.24) is 9.38 Å². The van der Waals surface area contributed by atoms with Crippen molar-refractivity contribution in [2.75, 3.05) is 23.3 Å². The smallest absolute Gasteiger partial charge is 0.230 e. The third-order valence-corrected chi connectivity index (χ3v) is 5.37. The Morgan fingerprint density at radius 3 is 2.63 bits per heavy atom. The molecule has 0 aliphatic carbocycles. The summed E-state index contributed by atoms with van der Waals surface area (Å²) in [5, 5.41) is 2.98. The van der Waals surface area contributed by atoms with Gasteiger partial charge in [0.25, 0.3) is 0 Å². The van der Waals surface area contributed by atoms with Gasteiger partial charge in [0.05, 0.1) is 12.1 Å². The molecule has 5 nitrogen and oxygen atoms in total. The van der Waals surface area contributed by atoms with Crippen molar-refractivity contribution in [2.24, 2.45) is 5.92 Å². The molecule has 2 aromatic heterocycles. The second kappa shape index (κ2) is 7.43. The summed E-state index contributed by atoms with van der Waals surface area (Å²) in [5.41, 5.74) is 4.85. The molecule has 0 saturated carbocycles. The maximum absolute atomic E-state index is 12.4. The highest BCUT2D eigenvalue weighted by Crippen LogP contribution is 2.24. The normalized spacial score (nSPS) is 15.3. The van der Waals surface area contributed by atoms with E-state index in [1.807, 2.05) is 48.0 Å². The van der Waals surface area contributed by atoms with Gasteiger partial charge in [-0.15, -0.1) is 0 Å². The van der Waals surface area contributed by atoms with Gasteiger partial charge in [-0.3, -0.25) is 4.79 Å². The van der Waals surface area contributed by atoms with Gasteiger partial charge in [-0.05, 0) is 61.6 Å². The van der Waals surface area contributed by atoms with Crippen LogP contribution < -0.4 is 10.2 Å². The Morgan fingerprint density at radius 1 is 1.19 bits per heavy atom. The van der Waals surface area contributed by atoms with Gasteiger partial charge in [0, 0.05) is 36.9 Å². The van der Waals surface area contributed by atoms with E-state index in [1.165, 1.54) is 18.5 Å². The number of anilines is 2.